The van der Waals surface area contributed by atoms with E-state index in [0.29, 0.717) is 31.1 Å². The lowest BCUT2D eigenvalue weighted by atomic mass is 10.0. The molecule has 2 fully saturated rings. The number of benzene rings is 4. The molecule has 2 aliphatic heterocycles. The molecule has 0 radical (unpaired) electrons. The predicted molar refractivity (Wildman–Crippen MR) is 270 cm³/mol. The first kappa shape index (κ1) is 43.9. The van der Waals surface area contributed by atoms with E-state index < -0.39 is 0 Å². The van der Waals surface area contributed by atoms with E-state index in [1.807, 2.05) is 88.3 Å². The Hall–Kier alpha value is -7.36. The number of pyridine rings is 2. The van der Waals surface area contributed by atoms with Crippen molar-refractivity contribution in [1.82, 2.24) is 39.3 Å². The van der Waals surface area contributed by atoms with E-state index in [4.69, 9.17) is 29.2 Å². The van der Waals surface area contributed by atoms with Crippen molar-refractivity contribution in [2.75, 3.05) is 69.3 Å². The van der Waals surface area contributed by atoms with Gasteiger partial charge in [0.1, 0.15) is 25.8 Å². The summed E-state index contributed by atoms with van der Waals surface area (Å²) in [6.07, 6.45) is 3.88. The Morgan fingerprint density at radius 2 is 0.894 bits per heavy atom. The maximum atomic E-state index is 12.4. The summed E-state index contributed by atoms with van der Waals surface area (Å²) >= 11 is 11.5. The number of aromatic nitrogens is 6. The number of aromatic amines is 4. The highest BCUT2D eigenvalue weighted by molar-refractivity contribution is 7.71. The fraction of sp³-hybridized carbons (Fsp3) is 0.216. The molecule has 0 spiro atoms. The number of para-hydroxylation sites is 1. The van der Waals surface area contributed by atoms with Crippen LogP contribution >= 0.6 is 24.4 Å². The first-order valence-corrected chi connectivity index (χ1v) is 22.8. The normalized spacial score (nSPS) is 15.0. The molecule has 0 aliphatic carbocycles. The van der Waals surface area contributed by atoms with Crippen molar-refractivity contribution in [2.24, 2.45) is 0 Å². The molecule has 66 heavy (non-hydrogen) atoms. The van der Waals surface area contributed by atoms with Crippen LogP contribution in [0.5, 0.6) is 5.75 Å². The summed E-state index contributed by atoms with van der Waals surface area (Å²) in [6.45, 7) is 16.1. The van der Waals surface area contributed by atoms with Gasteiger partial charge in [0.2, 0.25) is 0 Å². The summed E-state index contributed by atoms with van der Waals surface area (Å²) in [5.41, 5.74) is 7.55. The maximum absolute atomic E-state index is 12.4. The third-order valence-corrected chi connectivity index (χ3v) is 13.5. The standard InChI is InChI=1S/C26H27N5O2S.C25H25N5OS/c1-18(29-14-16-30(17-15-29)20-8-10-21(33-2)11-9-20)24(19-6-4-3-5-7-19)31-13-12-22-23(26(31)34)25(32)28-27-22;1-18(28-14-16-29(17-15-28)20-10-6-3-7-11-20)23(19-8-4-2-5-9-19)30-13-12-21-22(25(30)32)24(31)27-26-21/h3-13,24H,1,14-17H2,2H3,(H2,27,28,32);2-13,23H,1,14-17H2,(H2,26,27,31). The van der Waals surface area contributed by atoms with E-state index in [9.17, 15) is 9.59 Å². The number of nitrogens with zero attached hydrogens (tertiary/aromatic N) is 6. The van der Waals surface area contributed by atoms with Crippen molar-refractivity contribution >= 4 is 57.6 Å². The van der Waals surface area contributed by atoms with Crippen LogP contribution in [0.2, 0.25) is 0 Å². The minimum absolute atomic E-state index is 0.189. The van der Waals surface area contributed by atoms with Crippen molar-refractivity contribution in [2.45, 2.75) is 12.1 Å². The Morgan fingerprint density at radius 3 is 1.29 bits per heavy atom. The Morgan fingerprint density at radius 1 is 0.515 bits per heavy atom. The minimum atomic E-state index is -0.208. The van der Waals surface area contributed by atoms with E-state index in [0.717, 1.165) is 80.6 Å². The molecule has 336 valence electrons. The molecule has 2 aliphatic rings. The third kappa shape index (κ3) is 8.87. The number of fused-ring (bicyclic) bond motifs is 2. The number of methoxy groups -OCH3 is 1. The van der Waals surface area contributed by atoms with E-state index in [2.05, 4.69) is 114 Å². The Balaban J connectivity index is 0.000000166. The average molecular weight is 917 g/mol. The zero-order valence-corrected chi connectivity index (χ0v) is 38.4. The first-order chi connectivity index (χ1) is 32.2. The quantitative estimate of drug-likeness (QED) is 0.0944. The highest BCUT2D eigenvalue weighted by Crippen LogP contribution is 2.33. The molecule has 2 atom stereocenters. The van der Waals surface area contributed by atoms with Gasteiger partial charge in [-0.15, -0.1) is 0 Å². The third-order valence-electron chi connectivity index (χ3n) is 12.7. The summed E-state index contributed by atoms with van der Waals surface area (Å²) < 4.78 is 10.2. The van der Waals surface area contributed by atoms with Crippen LogP contribution in [0.3, 0.4) is 0 Å². The molecule has 15 heteroatoms. The van der Waals surface area contributed by atoms with Gasteiger partial charge in [-0.3, -0.25) is 30.0 Å². The van der Waals surface area contributed by atoms with Gasteiger partial charge in [0.25, 0.3) is 11.1 Å². The number of rotatable bonds is 11. The Kier molecular flexibility index (Phi) is 12.9. The molecular weight excluding hydrogens is 865 g/mol. The van der Waals surface area contributed by atoms with Crippen LogP contribution in [0.1, 0.15) is 23.2 Å². The average Bonchev–Trinajstić information content (AvgIpc) is 3.96. The predicted octanol–water partition coefficient (Wildman–Crippen LogP) is 8.63. The zero-order valence-electron chi connectivity index (χ0n) is 36.7. The number of H-pyrrole nitrogens is 4. The molecule has 13 nitrogen and oxygen atoms in total. The molecule has 0 saturated carbocycles. The molecule has 8 aromatic rings. The smallest absolute Gasteiger partial charge is 0.274 e. The van der Waals surface area contributed by atoms with Crippen molar-refractivity contribution in [3.05, 3.63) is 205 Å². The van der Waals surface area contributed by atoms with Gasteiger partial charge < -0.3 is 33.5 Å². The van der Waals surface area contributed by atoms with Crippen molar-refractivity contribution < 1.29 is 4.74 Å². The summed E-state index contributed by atoms with van der Waals surface area (Å²) in [4.78, 5) is 34.2. The van der Waals surface area contributed by atoms with E-state index in [1.54, 1.807) is 7.11 Å². The van der Waals surface area contributed by atoms with Crippen LogP contribution < -0.4 is 25.7 Å². The van der Waals surface area contributed by atoms with Gasteiger partial charge >= 0.3 is 0 Å². The Bertz CT molecular complexity index is 3200. The number of hydrogen-bond donors (Lipinski definition) is 4. The SMILES string of the molecule is C=C(C(c1ccccc1)n1ccc2[nH][nH]c(=O)c2c1=S)N1CCN(c2ccc(OC)cc2)CC1.C=C(C(c1ccccc1)n1ccc2[nH][nH]c(=O)c2c1=S)N1CCN(c2ccccc2)CC1. The van der Waals surface area contributed by atoms with Crippen LogP contribution in [-0.2, 0) is 0 Å². The number of piperazine rings is 2. The lowest BCUT2D eigenvalue weighted by Gasteiger charge is -2.40. The van der Waals surface area contributed by atoms with Crippen LogP contribution in [0.15, 0.2) is 174 Å². The molecule has 0 amide bonds. The second-order valence-electron chi connectivity index (χ2n) is 16.4. The van der Waals surface area contributed by atoms with Gasteiger partial charge in [0.15, 0.2) is 0 Å². The van der Waals surface area contributed by atoms with Crippen molar-refractivity contribution in [1.29, 1.82) is 0 Å². The van der Waals surface area contributed by atoms with Gasteiger partial charge in [-0.2, -0.15) is 0 Å². The lowest BCUT2D eigenvalue weighted by Crippen LogP contribution is -2.47. The molecule has 4 aromatic heterocycles. The molecule has 10 rings (SSSR count). The largest absolute Gasteiger partial charge is 0.497 e. The second-order valence-corrected chi connectivity index (χ2v) is 17.2. The molecular formula is C51H52N10O3S2. The molecule has 4 N–H and O–H groups in total. The number of hydrogen-bond acceptors (Lipinski definition) is 9. The molecule has 2 saturated heterocycles. The van der Waals surface area contributed by atoms with Gasteiger partial charge in [-0.25, -0.2) is 0 Å². The van der Waals surface area contributed by atoms with Gasteiger partial charge in [0.05, 0.1) is 30.2 Å². The summed E-state index contributed by atoms with van der Waals surface area (Å²) in [6, 6.07) is 42.5. The van der Waals surface area contributed by atoms with Gasteiger partial charge in [0, 0.05) is 87.5 Å². The lowest BCUT2D eigenvalue weighted by molar-refractivity contribution is 0.295. The van der Waals surface area contributed by atoms with E-state index in [1.165, 1.54) is 11.4 Å². The minimum Gasteiger partial charge on any atom is -0.497 e. The van der Waals surface area contributed by atoms with Gasteiger partial charge in [-0.1, -0.05) is 116 Å². The Labute approximate surface area is 392 Å². The number of ether oxygens (including phenoxy) is 1. The number of nitrogens with one attached hydrogen (secondary N) is 4. The second kappa shape index (κ2) is 19.4. The summed E-state index contributed by atoms with van der Waals surface area (Å²) in [5, 5.41) is 12.1. The highest BCUT2D eigenvalue weighted by atomic mass is 32.1. The topological polar surface area (TPSA) is 129 Å². The maximum Gasteiger partial charge on any atom is 0.274 e. The summed E-state index contributed by atoms with van der Waals surface area (Å²) in [7, 11) is 1.68. The fourth-order valence-electron chi connectivity index (χ4n) is 9.11. The molecule has 0 bridgehead atoms. The van der Waals surface area contributed by atoms with E-state index >= 15 is 0 Å². The highest BCUT2D eigenvalue weighted by Gasteiger charge is 2.28. The number of allylic oxidation sites excluding steroid dienone is 2. The van der Waals surface area contributed by atoms with Crippen LogP contribution in [-0.4, -0.2) is 98.8 Å². The van der Waals surface area contributed by atoms with E-state index in [-0.39, 0.29) is 23.2 Å². The van der Waals surface area contributed by atoms with Crippen LogP contribution in [0.25, 0.3) is 21.8 Å². The zero-order chi connectivity index (χ0) is 45.7. The van der Waals surface area contributed by atoms with Crippen LogP contribution in [0.4, 0.5) is 11.4 Å². The first-order valence-electron chi connectivity index (χ1n) is 22.0. The molecule has 6 heterocycles. The van der Waals surface area contributed by atoms with Gasteiger partial charge in [-0.05, 0) is 59.7 Å². The summed E-state index contributed by atoms with van der Waals surface area (Å²) in [5.74, 6) is 0.858. The van der Waals surface area contributed by atoms with Crippen molar-refractivity contribution in [3.8, 4) is 5.75 Å². The molecule has 4 aromatic carbocycles. The fourth-order valence-corrected chi connectivity index (χ4v) is 9.84. The van der Waals surface area contributed by atoms with Crippen molar-refractivity contribution in [3.63, 3.8) is 0 Å². The number of anilines is 2. The monoisotopic (exact) mass is 916 g/mol. The van der Waals surface area contributed by atoms with Crippen LogP contribution in [0, 0.1) is 9.28 Å². The molecule has 2 unspecified atom stereocenters.